The summed E-state index contributed by atoms with van der Waals surface area (Å²) in [4.78, 5) is 18.8. The summed E-state index contributed by atoms with van der Waals surface area (Å²) in [5.41, 5.74) is 0.728. The molecule has 0 atom stereocenters. The maximum absolute atomic E-state index is 14.2. The molecule has 3 rings (SSSR count). The largest absolute Gasteiger partial charge is 0.465 e. The monoisotopic (exact) mass is 497 g/mol. The molecule has 2 aromatic carbocycles. The van der Waals surface area contributed by atoms with Crippen LogP contribution in [0.2, 0.25) is 10.0 Å². The van der Waals surface area contributed by atoms with Gasteiger partial charge in [-0.3, -0.25) is 0 Å². The van der Waals surface area contributed by atoms with Crippen LogP contribution in [0.25, 0.3) is 0 Å². The van der Waals surface area contributed by atoms with E-state index in [1.807, 2.05) is 0 Å². The van der Waals surface area contributed by atoms with Crippen LogP contribution >= 0.6 is 23.2 Å². The van der Waals surface area contributed by atoms with Gasteiger partial charge in [-0.2, -0.15) is 17.8 Å². The molecule has 0 radical (unpaired) electrons. The van der Waals surface area contributed by atoms with Crippen LogP contribution in [0.3, 0.4) is 0 Å². The molecule has 0 spiro atoms. The number of aromatic nitrogens is 2. The lowest BCUT2D eigenvalue weighted by Gasteiger charge is -2.10. The van der Waals surface area contributed by atoms with Crippen molar-refractivity contribution < 1.29 is 22.3 Å². The fourth-order valence-electron chi connectivity index (χ4n) is 2.32. The molecule has 1 heterocycles. The summed E-state index contributed by atoms with van der Waals surface area (Å²) in [7, 11) is -3.06. The molecule has 0 unspecified atom stereocenters. The number of rotatable bonds is 7. The third-order valence-corrected chi connectivity index (χ3v) is 5.78. The number of carbonyl (C=O) groups is 1. The van der Waals surface area contributed by atoms with E-state index >= 15 is 0 Å². The quantitative estimate of drug-likeness (QED) is 0.364. The Kier molecular flexibility index (Phi) is 7.23. The molecule has 0 saturated carbocycles. The number of hydrogen-bond acceptors (Lipinski definition) is 8. The average molecular weight is 498 g/mol. The summed E-state index contributed by atoms with van der Waals surface area (Å²) in [5.74, 6) is -1.80. The van der Waals surface area contributed by atoms with Crippen molar-refractivity contribution in [2.45, 2.75) is 4.90 Å². The second-order valence-electron chi connectivity index (χ2n) is 6.03. The third kappa shape index (κ3) is 5.90. The molecule has 166 valence electrons. The van der Waals surface area contributed by atoms with Crippen LogP contribution in [-0.4, -0.2) is 37.7 Å². The first-order valence-electron chi connectivity index (χ1n) is 8.68. The summed E-state index contributed by atoms with van der Waals surface area (Å²) in [6, 6.07) is 10.2. The Hall–Kier alpha value is -3.28. The van der Waals surface area contributed by atoms with Crippen molar-refractivity contribution in [3.63, 3.8) is 0 Å². The third-order valence-electron chi connectivity index (χ3n) is 3.81. The van der Waals surface area contributed by atoms with Crippen molar-refractivity contribution in [2.24, 2.45) is 4.40 Å². The van der Waals surface area contributed by atoms with Crippen LogP contribution in [0, 0.1) is 5.82 Å². The van der Waals surface area contributed by atoms with Gasteiger partial charge in [-0.05, 0) is 36.4 Å². The van der Waals surface area contributed by atoms with E-state index in [0.717, 1.165) is 13.3 Å². The number of halogens is 3. The SMILES string of the molecule is COC(=O)C=NS(=O)(=O)c1cccc(Nc2ncc(F)c(Nc3ccc(Cl)c(Cl)c3)n2)c1. The number of esters is 1. The van der Waals surface area contributed by atoms with E-state index in [1.54, 1.807) is 18.2 Å². The summed E-state index contributed by atoms with van der Waals surface area (Å²) in [6.07, 6.45) is 1.50. The summed E-state index contributed by atoms with van der Waals surface area (Å²) >= 11 is 11.8. The van der Waals surface area contributed by atoms with E-state index in [1.165, 1.54) is 24.3 Å². The van der Waals surface area contributed by atoms with E-state index in [-0.39, 0.29) is 27.4 Å². The van der Waals surface area contributed by atoms with E-state index in [2.05, 4.69) is 29.7 Å². The highest BCUT2D eigenvalue weighted by Crippen LogP contribution is 2.28. The fourth-order valence-corrected chi connectivity index (χ4v) is 3.49. The summed E-state index contributed by atoms with van der Waals surface area (Å²) in [5, 5.41) is 6.17. The lowest BCUT2D eigenvalue weighted by atomic mass is 10.3. The fraction of sp³-hybridized carbons (Fsp3) is 0.0526. The molecule has 0 bridgehead atoms. The molecule has 0 saturated heterocycles. The van der Waals surface area contributed by atoms with Gasteiger partial charge in [0.2, 0.25) is 5.95 Å². The lowest BCUT2D eigenvalue weighted by Crippen LogP contribution is -2.06. The Morgan fingerprint density at radius 1 is 1.12 bits per heavy atom. The molecule has 32 heavy (non-hydrogen) atoms. The maximum atomic E-state index is 14.2. The zero-order valence-corrected chi connectivity index (χ0v) is 18.5. The molecule has 9 nitrogen and oxygen atoms in total. The smallest absolute Gasteiger partial charge is 0.350 e. The number of anilines is 4. The number of benzene rings is 2. The first-order chi connectivity index (χ1) is 15.2. The molecule has 0 aliphatic rings. The summed E-state index contributed by atoms with van der Waals surface area (Å²) < 4.78 is 46.3. The highest BCUT2D eigenvalue weighted by Gasteiger charge is 2.14. The van der Waals surface area contributed by atoms with Crippen molar-refractivity contribution in [3.05, 3.63) is 64.5 Å². The molecule has 1 aromatic heterocycles. The second-order valence-corrected chi connectivity index (χ2v) is 8.48. The van der Waals surface area contributed by atoms with Crippen LogP contribution in [0.4, 0.5) is 27.5 Å². The Bertz CT molecular complexity index is 1300. The van der Waals surface area contributed by atoms with Crippen LogP contribution < -0.4 is 10.6 Å². The molecular weight excluding hydrogens is 484 g/mol. The molecule has 0 aliphatic heterocycles. The Labute approximate surface area is 192 Å². The maximum Gasteiger partial charge on any atom is 0.350 e. The Balaban J connectivity index is 1.83. The van der Waals surface area contributed by atoms with Crippen LogP contribution in [0.5, 0.6) is 0 Å². The van der Waals surface area contributed by atoms with Gasteiger partial charge in [0.1, 0.15) is 6.21 Å². The molecule has 3 aromatic rings. The molecule has 2 N–H and O–H groups in total. The van der Waals surface area contributed by atoms with Gasteiger partial charge < -0.3 is 15.4 Å². The highest BCUT2D eigenvalue weighted by molar-refractivity contribution is 7.90. The van der Waals surface area contributed by atoms with Gasteiger partial charge >= 0.3 is 5.97 Å². The van der Waals surface area contributed by atoms with Gasteiger partial charge in [0.25, 0.3) is 10.0 Å². The minimum absolute atomic E-state index is 0.0124. The van der Waals surface area contributed by atoms with E-state index in [0.29, 0.717) is 16.9 Å². The molecule has 13 heteroatoms. The zero-order valence-electron chi connectivity index (χ0n) is 16.2. The van der Waals surface area contributed by atoms with Gasteiger partial charge in [-0.1, -0.05) is 29.3 Å². The van der Waals surface area contributed by atoms with E-state index in [4.69, 9.17) is 23.2 Å². The van der Waals surface area contributed by atoms with Crippen LogP contribution in [0.15, 0.2) is 58.0 Å². The van der Waals surface area contributed by atoms with Crippen molar-refractivity contribution in [2.75, 3.05) is 17.7 Å². The molecular formula is C19H14Cl2FN5O4S. The van der Waals surface area contributed by atoms with Gasteiger partial charge in [-0.15, -0.1) is 0 Å². The van der Waals surface area contributed by atoms with Crippen LogP contribution in [-0.2, 0) is 19.6 Å². The first-order valence-corrected chi connectivity index (χ1v) is 10.9. The van der Waals surface area contributed by atoms with Crippen molar-refractivity contribution >= 4 is 68.6 Å². The van der Waals surface area contributed by atoms with Crippen molar-refractivity contribution in [1.29, 1.82) is 0 Å². The number of ether oxygens (including phenoxy) is 1. The van der Waals surface area contributed by atoms with Gasteiger partial charge in [0, 0.05) is 11.4 Å². The van der Waals surface area contributed by atoms with Gasteiger partial charge in [-0.25, -0.2) is 14.2 Å². The standard InChI is InChI=1S/C19H14Cl2FN5O4S/c1-31-17(28)10-24-32(29,30)13-4-2-3-11(7-13)26-19-23-9-16(22)18(27-19)25-12-5-6-14(20)15(21)8-12/h2-10H,1H3,(H2,23,25,26,27). The van der Waals surface area contributed by atoms with Gasteiger partial charge in [0.15, 0.2) is 11.6 Å². The highest BCUT2D eigenvalue weighted by atomic mass is 35.5. The second kappa shape index (κ2) is 9.90. The zero-order chi connectivity index (χ0) is 23.3. The molecule has 0 amide bonds. The predicted octanol–water partition coefficient (Wildman–Crippen LogP) is 4.34. The van der Waals surface area contributed by atoms with Crippen LogP contribution in [0.1, 0.15) is 0 Å². The number of hydrogen-bond donors (Lipinski definition) is 2. The molecule has 0 fully saturated rings. The van der Waals surface area contributed by atoms with E-state index in [9.17, 15) is 17.6 Å². The molecule has 0 aliphatic carbocycles. The number of nitrogens with zero attached hydrogens (tertiary/aromatic N) is 3. The number of methoxy groups -OCH3 is 1. The number of sulfonamides is 1. The topological polar surface area (TPSA) is 123 Å². The van der Waals surface area contributed by atoms with Crippen molar-refractivity contribution in [3.8, 4) is 0 Å². The van der Waals surface area contributed by atoms with Gasteiger partial charge in [0.05, 0.1) is 28.2 Å². The van der Waals surface area contributed by atoms with Crippen molar-refractivity contribution in [1.82, 2.24) is 9.97 Å². The normalized spacial score (nSPS) is 11.4. The minimum atomic E-state index is -4.15. The predicted molar refractivity (Wildman–Crippen MR) is 119 cm³/mol. The van der Waals surface area contributed by atoms with E-state index < -0.39 is 21.8 Å². The first kappa shape index (κ1) is 23.4. The summed E-state index contributed by atoms with van der Waals surface area (Å²) in [6.45, 7) is 0. The number of carbonyl (C=O) groups excluding carboxylic acids is 1. The minimum Gasteiger partial charge on any atom is -0.465 e. The average Bonchev–Trinajstić information content (AvgIpc) is 2.77. The Morgan fingerprint density at radius 3 is 2.59 bits per heavy atom. The lowest BCUT2D eigenvalue weighted by molar-refractivity contribution is -0.132. The number of nitrogens with one attached hydrogen (secondary N) is 2. The Morgan fingerprint density at radius 2 is 1.88 bits per heavy atom.